The lowest BCUT2D eigenvalue weighted by atomic mass is 9.98. The number of guanidine groups is 1. The molecule has 3 aromatic rings. The summed E-state index contributed by atoms with van der Waals surface area (Å²) in [5.41, 5.74) is 12.4. The second kappa shape index (κ2) is 12.9. The fraction of sp³-hybridized carbons (Fsp3) is 0.107. The van der Waals surface area contributed by atoms with Crippen LogP contribution in [-0.4, -0.2) is 39.9 Å². The number of carbonyl (C=O) groups excluding carboxylic acids is 2. The van der Waals surface area contributed by atoms with Gasteiger partial charge in [0.25, 0.3) is 0 Å². The van der Waals surface area contributed by atoms with Gasteiger partial charge in [-0.25, -0.2) is 14.6 Å². The summed E-state index contributed by atoms with van der Waals surface area (Å²) in [4.78, 5) is 51.2. The Morgan fingerprint density at radius 1 is 0.923 bits per heavy atom. The number of halogens is 1. The van der Waals surface area contributed by atoms with E-state index in [1.165, 1.54) is 54.6 Å². The van der Waals surface area contributed by atoms with E-state index >= 15 is 0 Å². The molecular formula is C28H22ClN3O7. The highest BCUT2D eigenvalue weighted by Gasteiger charge is 2.17. The Labute approximate surface area is 227 Å². The van der Waals surface area contributed by atoms with Crippen molar-refractivity contribution in [2.24, 2.45) is 22.4 Å². The van der Waals surface area contributed by atoms with Crippen LogP contribution in [-0.2, 0) is 22.4 Å². The van der Waals surface area contributed by atoms with Crippen LogP contribution in [0.2, 0.25) is 5.02 Å². The molecule has 0 fully saturated rings. The summed E-state index contributed by atoms with van der Waals surface area (Å²) in [6.07, 6.45) is -0.195. The molecule has 198 valence electrons. The Kier molecular flexibility index (Phi) is 9.40. The van der Waals surface area contributed by atoms with E-state index in [0.29, 0.717) is 16.8 Å². The summed E-state index contributed by atoms with van der Waals surface area (Å²) in [7, 11) is 0. The molecule has 3 rings (SSSR count). The maximum absolute atomic E-state index is 12.4. The maximum atomic E-state index is 12.4. The maximum Gasteiger partial charge on any atom is 0.343 e. The number of rotatable bonds is 9. The van der Waals surface area contributed by atoms with Crippen molar-refractivity contribution in [2.45, 2.75) is 12.8 Å². The highest BCUT2D eigenvalue weighted by atomic mass is 35.5. The number of carbonyl (C=O) groups is 4. The number of hydrogen-bond donors (Lipinski definition) is 4. The van der Waals surface area contributed by atoms with Gasteiger partial charge in [-0.2, -0.15) is 0 Å². The first-order valence-electron chi connectivity index (χ1n) is 11.3. The van der Waals surface area contributed by atoms with E-state index in [0.717, 1.165) is 0 Å². The smallest absolute Gasteiger partial charge is 0.343 e. The van der Waals surface area contributed by atoms with Gasteiger partial charge in [-0.1, -0.05) is 35.7 Å². The zero-order valence-electron chi connectivity index (χ0n) is 20.3. The second-order valence-corrected chi connectivity index (χ2v) is 8.60. The van der Waals surface area contributed by atoms with Crippen LogP contribution < -0.4 is 16.2 Å². The molecule has 6 N–H and O–H groups in total. The lowest BCUT2D eigenvalue weighted by Gasteiger charge is -2.08. The Balaban J connectivity index is 1.62. The van der Waals surface area contributed by atoms with Gasteiger partial charge in [0.05, 0.1) is 16.8 Å². The summed E-state index contributed by atoms with van der Waals surface area (Å²) in [6.45, 7) is 0. The fourth-order valence-corrected chi connectivity index (χ4v) is 3.56. The Hall–Kier alpha value is -5.14. The minimum absolute atomic E-state index is 0.00660. The Morgan fingerprint density at radius 2 is 1.56 bits per heavy atom. The Bertz CT molecular complexity index is 1500. The summed E-state index contributed by atoms with van der Waals surface area (Å²) < 4.78 is 5.33. The normalized spacial score (nSPS) is 10.9. The van der Waals surface area contributed by atoms with Crippen LogP contribution in [0.5, 0.6) is 5.75 Å². The predicted octanol–water partition coefficient (Wildman–Crippen LogP) is 3.22. The highest BCUT2D eigenvalue weighted by Crippen LogP contribution is 2.24. The summed E-state index contributed by atoms with van der Waals surface area (Å²) in [5.74, 6) is 0.159. The molecule has 11 heteroatoms. The standard InChI is InChI=1S/C28H22ClN3O7/c29-24-15-23(39-27(38)18-5-9-21(10-6-18)32-28(30)31)12-8-19(24)14-22(33)11-7-20(26(36)37)13-16-1-3-17(4-2-16)25(34)35/h1-6,8-10,12,15,20H,13-14H2,(H,34,35)(H,36,37)(H4,30,31,32)/t20-/m0/s1. The van der Waals surface area contributed by atoms with Gasteiger partial charge in [0.2, 0.25) is 5.78 Å². The predicted molar refractivity (Wildman–Crippen MR) is 143 cm³/mol. The first-order chi connectivity index (χ1) is 18.5. The molecule has 0 aliphatic rings. The van der Waals surface area contributed by atoms with Crippen molar-refractivity contribution in [1.82, 2.24) is 0 Å². The summed E-state index contributed by atoms with van der Waals surface area (Å²) in [6, 6.07) is 16.2. The molecule has 0 unspecified atom stereocenters. The lowest BCUT2D eigenvalue weighted by Crippen LogP contribution is -2.21. The number of carboxylic acid groups (broad SMARTS) is 2. The molecule has 3 aromatic carbocycles. The number of hydrogen-bond acceptors (Lipinski definition) is 6. The van der Waals surface area contributed by atoms with Crippen LogP contribution in [0.25, 0.3) is 0 Å². The first kappa shape index (κ1) is 28.4. The third-order valence-corrected chi connectivity index (χ3v) is 5.62. The zero-order valence-corrected chi connectivity index (χ0v) is 21.0. The van der Waals surface area contributed by atoms with Crippen molar-refractivity contribution in [1.29, 1.82) is 0 Å². The average molecular weight is 548 g/mol. The third kappa shape index (κ3) is 8.45. The molecule has 0 radical (unpaired) electrons. The van der Waals surface area contributed by atoms with Crippen molar-refractivity contribution in [3.63, 3.8) is 0 Å². The van der Waals surface area contributed by atoms with Gasteiger partial charge in [0, 0.05) is 11.4 Å². The van der Waals surface area contributed by atoms with E-state index in [1.54, 1.807) is 12.1 Å². The molecular weight excluding hydrogens is 526 g/mol. The Morgan fingerprint density at radius 3 is 2.13 bits per heavy atom. The zero-order chi connectivity index (χ0) is 28.5. The van der Waals surface area contributed by atoms with Crippen LogP contribution in [0, 0.1) is 17.8 Å². The number of nitrogens with zero attached hydrogens (tertiary/aromatic N) is 1. The quantitative estimate of drug-likeness (QED) is 0.0780. The van der Waals surface area contributed by atoms with Crippen molar-refractivity contribution in [3.8, 4) is 17.6 Å². The number of aliphatic imine (C=N–C) groups is 1. The van der Waals surface area contributed by atoms with E-state index in [-0.39, 0.29) is 40.7 Å². The molecule has 39 heavy (non-hydrogen) atoms. The van der Waals surface area contributed by atoms with Crippen molar-refractivity contribution < 1.29 is 34.1 Å². The number of carboxylic acids is 2. The topological polar surface area (TPSA) is 182 Å². The first-order valence-corrected chi connectivity index (χ1v) is 11.7. The number of aliphatic carboxylic acids is 1. The van der Waals surface area contributed by atoms with Crippen LogP contribution in [0.15, 0.2) is 71.7 Å². The largest absolute Gasteiger partial charge is 0.480 e. The fourth-order valence-electron chi connectivity index (χ4n) is 3.33. The molecule has 0 heterocycles. The number of aromatic carboxylic acids is 1. The number of Topliss-reactive ketones (excluding diaryl/α,β-unsaturated/α-hetero) is 1. The second-order valence-electron chi connectivity index (χ2n) is 8.19. The van der Waals surface area contributed by atoms with Crippen LogP contribution in [0.3, 0.4) is 0 Å². The minimum Gasteiger partial charge on any atom is -0.480 e. The molecule has 0 aliphatic carbocycles. The molecule has 1 atom stereocenters. The van der Waals surface area contributed by atoms with Gasteiger partial charge in [-0.05, 0) is 72.0 Å². The lowest BCUT2D eigenvalue weighted by molar-refractivity contribution is -0.139. The van der Waals surface area contributed by atoms with Gasteiger partial charge < -0.3 is 26.4 Å². The molecule has 0 saturated carbocycles. The van der Waals surface area contributed by atoms with Gasteiger partial charge in [0.15, 0.2) is 5.96 Å². The van der Waals surface area contributed by atoms with E-state index < -0.39 is 29.6 Å². The number of ketones is 1. The van der Waals surface area contributed by atoms with E-state index in [1.807, 2.05) is 0 Å². The van der Waals surface area contributed by atoms with E-state index in [4.69, 9.17) is 32.9 Å². The third-order valence-electron chi connectivity index (χ3n) is 5.27. The summed E-state index contributed by atoms with van der Waals surface area (Å²) >= 11 is 6.26. The van der Waals surface area contributed by atoms with Crippen LogP contribution in [0.1, 0.15) is 31.8 Å². The van der Waals surface area contributed by atoms with Crippen molar-refractivity contribution in [3.05, 3.63) is 94.0 Å². The molecule has 0 aliphatic heterocycles. The SMILES string of the molecule is NC(N)=Nc1ccc(C(=O)Oc2ccc(CC(=O)C#C[C@@H](Cc3ccc(C(=O)O)cc3)C(=O)O)c(Cl)c2)cc1. The number of ether oxygens (including phenoxy) is 1. The molecule has 0 saturated heterocycles. The molecule has 0 amide bonds. The molecule has 10 nitrogen and oxygen atoms in total. The van der Waals surface area contributed by atoms with E-state index in [9.17, 15) is 24.3 Å². The van der Waals surface area contributed by atoms with Crippen LogP contribution >= 0.6 is 11.6 Å². The van der Waals surface area contributed by atoms with Gasteiger partial charge in [-0.3, -0.25) is 9.59 Å². The molecule has 0 spiro atoms. The molecule has 0 aromatic heterocycles. The number of benzene rings is 3. The van der Waals surface area contributed by atoms with Crippen molar-refractivity contribution >= 4 is 46.9 Å². The highest BCUT2D eigenvalue weighted by molar-refractivity contribution is 6.31. The van der Waals surface area contributed by atoms with Gasteiger partial charge in [-0.15, -0.1) is 0 Å². The number of nitrogens with two attached hydrogens (primary N) is 2. The van der Waals surface area contributed by atoms with Gasteiger partial charge in [0.1, 0.15) is 11.7 Å². The van der Waals surface area contributed by atoms with E-state index in [2.05, 4.69) is 16.8 Å². The average Bonchev–Trinajstić information content (AvgIpc) is 2.88. The van der Waals surface area contributed by atoms with Gasteiger partial charge >= 0.3 is 17.9 Å². The monoisotopic (exact) mass is 547 g/mol. The summed E-state index contributed by atoms with van der Waals surface area (Å²) in [5, 5.41) is 18.6. The van der Waals surface area contributed by atoms with Crippen LogP contribution in [0.4, 0.5) is 5.69 Å². The molecule has 0 bridgehead atoms. The number of esters is 1. The minimum atomic E-state index is -1.22. The van der Waals surface area contributed by atoms with Crippen molar-refractivity contribution in [2.75, 3.05) is 0 Å².